The molecule has 5 amide bonds. The SMILES string of the molecule is CNC(=O)C(=O)CC[C@H](NC(=O)[C@@H]1CCCN1C=O)C(=O)Nc1cccn(CC(=O)NC2C3CC4CC(C3)CC2C4)c1=O. The average Bonchev–Trinajstić information content (AvgIpc) is 3.47. The normalized spacial score (nSPS) is 27.7. The van der Waals surface area contributed by atoms with Crippen molar-refractivity contribution in [3.05, 3.63) is 28.7 Å². The lowest BCUT2D eigenvalue weighted by Gasteiger charge is -2.54. The summed E-state index contributed by atoms with van der Waals surface area (Å²) in [6.07, 6.45) is 8.49. The van der Waals surface area contributed by atoms with Gasteiger partial charge in [0.25, 0.3) is 11.5 Å². The third-order valence-electron chi connectivity index (χ3n) is 9.65. The van der Waals surface area contributed by atoms with Gasteiger partial charge in [-0.05, 0) is 87.2 Å². The predicted molar refractivity (Wildman–Crippen MR) is 154 cm³/mol. The van der Waals surface area contributed by atoms with Crippen molar-refractivity contribution < 1.29 is 28.8 Å². The van der Waals surface area contributed by atoms with Crippen LogP contribution in [0.5, 0.6) is 0 Å². The van der Waals surface area contributed by atoms with Gasteiger partial charge in [0.15, 0.2) is 0 Å². The molecule has 13 heteroatoms. The summed E-state index contributed by atoms with van der Waals surface area (Å²) in [4.78, 5) is 89.0. The summed E-state index contributed by atoms with van der Waals surface area (Å²) in [7, 11) is 1.31. The molecule has 1 aliphatic heterocycles. The van der Waals surface area contributed by atoms with Gasteiger partial charge in [-0.3, -0.25) is 33.6 Å². The first-order valence-corrected chi connectivity index (χ1v) is 15.2. The smallest absolute Gasteiger partial charge is 0.287 e. The molecule has 2 heterocycles. The van der Waals surface area contributed by atoms with Gasteiger partial charge in [0.05, 0.1) is 0 Å². The van der Waals surface area contributed by atoms with Crippen LogP contribution in [-0.4, -0.2) is 77.0 Å². The Morgan fingerprint density at radius 3 is 2.40 bits per heavy atom. The number of hydrogen-bond donors (Lipinski definition) is 4. The summed E-state index contributed by atoms with van der Waals surface area (Å²) in [5.41, 5.74) is -0.687. The van der Waals surface area contributed by atoms with Crippen LogP contribution in [0.1, 0.15) is 57.8 Å². The summed E-state index contributed by atoms with van der Waals surface area (Å²) in [5.74, 6) is -0.639. The third-order valence-corrected chi connectivity index (χ3v) is 9.65. The number of aromatic nitrogens is 1. The molecule has 4 bridgehead atoms. The highest BCUT2D eigenvalue weighted by molar-refractivity contribution is 6.36. The van der Waals surface area contributed by atoms with Crippen LogP contribution >= 0.6 is 0 Å². The summed E-state index contributed by atoms with van der Waals surface area (Å²) < 4.78 is 1.23. The van der Waals surface area contributed by atoms with Crippen molar-refractivity contribution >= 4 is 41.5 Å². The zero-order chi connectivity index (χ0) is 30.7. The predicted octanol–water partition coefficient (Wildman–Crippen LogP) is -0.0714. The fourth-order valence-electron chi connectivity index (χ4n) is 7.79. The van der Waals surface area contributed by atoms with E-state index < -0.39 is 41.1 Å². The molecule has 4 saturated carbocycles. The van der Waals surface area contributed by atoms with Gasteiger partial charge < -0.3 is 30.7 Å². The van der Waals surface area contributed by atoms with E-state index in [0.717, 1.165) is 37.5 Å². The summed E-state index contributed by atoms with van der Waals surface area (Å²) in [6, 6.07) is 1.05. The minimum atomic E-state index is -1.26. The number of carbonyl (C=O) groups is 6. The molecule has 43 heavy (non-hydrogen) atoms. The Morgan fingerprint density at radius 2 is 1.74 bits per heavy atom. The van der Waals surface area contributed by atoms with Crippen LogP contribution in [-0.2, 0) is 35.3 Å². The number of ketones is 1. The van der Waals surface area contributed by atoms with Gasteiger partial charge in [0.1, 0.15) is 24.3 Å². The fraction of sp³-hybridized carbons (Fsp3) is 0.633. The second-order valence-electron chi connectivity index (χ2n) is 12.5. The maximum atomic E-state index is 13.3. The van der Waals surface area contributed by atoms with Gasteiger partial charge in [-0.1, -0.05) is 0 Å². The number of nitrogens with one attached hydrogen (secondary N) is 4. The molecule has 13 nitrogen and oxygen atoms in total. The Bertz CT molecular complexity index is 1310. The topological polar surface area (TPSA) is 176 Å². The fourth-order valence-corrected chi connectivity index (χ4v) is 7.79. The Labute approximate surface area is 249 Å². The molecule has 0 radical (unpaired) electrons. The van der Waals surface area contributed by atoms with Crippen LogP contribution in [0.25, 0.3) is 0 Å². The monoisotopic (exact) mass is 596 g/mol. The minimum Gasteiger partial charge on any atom is -0.353 e. The molecule has 2 atom stereocenters. The average molecular weight is 597 g/mol. The zero-order valence-corrected chi connectivity index (χ0v) is 24.4. The molecule has 1 saturated heterocycles. The van der Waals surface area contributed by atoms with Crippen LogP contribution in [0, 0.1) is 23.7 Å². The van der Waals surface area contributed by atoms with Crippen molar-refractivity contribution in [2.24, 2.45) is 23.7 Å². The van der Waals surface area contributed by atoms with Crippen LogP contribution in [0.3, 0.4) is 0 Å². The van der Waals surface area contributed by atoms with Gasteiger partial charge in [0.2, 0.25) is 29.9 Å². The number of rotatable bonds is 12. The number of likely N-dealkylation sites (N-methyl/N-ethyl adjacent to an activating group) is 1. The molecule has 0 spiro atoms. The van der Waals surface area contributed by atoms with E-state index in [-0.39, 0.29) is 37.0 Å². The first-order valence-electron chi connectivity index (χ1n) is 15.2. The number of amides is 5. The zero-order valence-electron chi connectivity index (χ0n) is 24.4. The Kier molecular flexibility index (Phi) is 9.26. The largest absolute Gasteiger partial charge is 0.353 e. The minimum absolute atomic E-state index is 0.0952. The number of nitrogens with zero attached hydrogens (tertiary/aromatic N) is 2. The van der Waals surface area contributed by atoms with Crippen LogP contribution in [0.2, 0.25) is 0 Å². The lowest BCUT2D eigenvalue weighted by molar-refractivity contribution is -0.138. The van der Waals surface area contributed by atoms with Crippen LogP contribution < -0.4 is 26.8 Å². The van der Waals surface area contributed by atoms with Crippen molar-refractivity contribution in [3.63, 3.8) is 0 Å². The molecule has 1 aromatic rings. The highest BCUT2D eigenvalue weighted by Crippen LogP contribution is 2.53. The molecule has 4 aliphatic carbocycles. The summed E-state index contributed by atoms with van der Waals surface area (Å²) in [6.45, 7) is 0.211. The molecule has 4 N–H and O–H groups in total. The van der Waals surface area contributed by atoms with E-state index in [2.05, 4.69) is 21.3 Å². The second-order valence-corrected chi connectivity index (χ2v) is 12.5. The highest BCUT2D eigenvalue weighted by Gasteiger charge is 2.48. The standard InChI is InChI=1S/C30H40N6O7/c1-31-29(42)24(38)7-6-21(32-28(41)23-5-3-9-36(23)16-37)27(40)33-22-4-2-8-35(30(22)43)15-25(39)34-26-19-11-17-10-18(13-19)14-20(26)12-17/h2,4,8,16-21,23,26H,3,5-7,9-15H2,1H3,(H,31,42)(H,32,41)(H,33,40)(H,34,39)/t17?,18?,19?,20?,21-,23-,26?/m0/s1. The Morgan fingerprint density at radius 1 is 1.05 bits per heavy atom. The molecule has 1 aromatic heterocycles. The van der Waals surface area contributed by atoms with E-state index in [4.69, 9.17) is 0 Å². The van der Waals surface area contributed by atoms with Crippen molar-refractivity contribution in [2.45, 2.75) is 82.5 Å². The van der Waals surface area contributed by atoms with Crippen LogP contribution in [0.4, 0.5) is 5.69 Å². The van der Waals surface area contributed by atoms with E-state index in [9.17, 15) is 33.6 Å². The molecule has 0 unspecified atom stereocenters. The lowest BCUT2D eigenvalue weighted by Crippen LogP contribution is -2.56. The van der Waals surface area contributed by atoms with Gasteiger partial charge in [-0.2, -0.15) is 0 Å². The number of hydrogen-bond acceptors (Lipinski definition) is 7. The van der Waals surface area contributed by atoms with Crippen molar-refractivity contribution in [2.75, 3.05) is 18.9 Å². The third kappa shape index (κ3) is 6.80. The van der Waals surface area contributed by atoms with E-state index in [1.807, 2.05) is 0 Å². The van der Waals surface area contributed by atoms with Gasteiger partial charge in [0, 0.05) is 32.3 Å². The van der Waals surface area contributed by atoms with Crippen LogP contribution in [0.15, 0.2) is 23.1 Å². The number of pyridine rings is 1. The first-order chi connectivity index (χ1) is 20.7. The Hall–Kier alpha value is -4.03. The van der Waals surface area contributed by atoms with Crippen molar-refractivity contribution in [1.82, 2.24) is 25.4 Å². The maximum absolute atomic E-state index is 13.3. The molecule has 232 valence electrons. The maximum Gasteiger partial charge on any atom is 0.287 e. The van der Waals surface area contributed by atoms with Crippen molar-refractivity contribution in [3.8, 4) is 0 Å². The van der Waals surface area contributed by atoms with Gasteiger partial charge in [-0.25, -0.2) is 0 Å². The summed E-state index contributed by atoms with van der Waals surface area (Å²) >= 11 is 0. The van der Waals surface area contributed by atoms with Crippen molar-refractivity contribution in [1.29, 1.82) is 0 Å². The molecule has 6 rings (SSSR count). The molecular formula is C30H40N6O7. The molecular weight excluding hydrogens is 556 g/mol. The van der Waals surface area contributed by atoms with Gasteiger partial charge in [-0.15, -0.1) is 0 Å². The molecule has 5 fully saturated rings. The van der Waals surface area contributed by atoms with E-state index >= 15 is 0 Å². The highest BCUT2D eigenvalue weighted by atomic mass is 16.2. The second kappa shape index (κ2) is 13.1. The first kappa shape index (κ1) is 30.4. The van der Waals surface area contributed by atoms with Gasteiger partial charge >= 0.3 is 0 Å². The number of likely N-dealkylation sites (tertiary alicyclic amines) is 1. The number of Topliss-reactive ketones (excluding diaryl/α,β-unsaturated/α-hetero) is 1. The Balaban J connectivity index is 1.24. The van der Waals surface area contributed by atoms with E-state index in [1.54, 1.807) is 0 Å². The van der Waals surface area contributed by atoms with E-state index in [1.165, 1.54) is 41.3 Å². The molecule has 0 aromatic carbocycles. The lowest BCUT2D eigenvalue weighted by atomic mass is 9.54. The number of carbonyl (C=O) groups excluding carboxylic acids is 6. The number of anilines is 1. The van der Waals surface area contributed by atoms with E-state index in [0.29, 0.717) is 37.6 Å². The quantitative estimate of drug-likeness (QED) is 0.193. The molecule has 5 aliphatic rings. The summed E-state index contributed by atoms with van der Waals surface area (Å²) in [5, 5.41) is 10.5.